The van der Waals surface area contributed by atoms with Crippen molar-refractivity contribution < 1.29 is 9.90 Å². The highest BCUT2D eigenvalue weighted by Gasteiger charge is 2.59. The Labute approximate surface area is 86.1 Å². The molecule has 2 nitrogen and oxygen atoms in total. The Hall–Kier alpha value is -0.310. The van der Waals surface area contributed by atoms with Crippen molar-refractivity contribution in [1.82, 2.24) is 0 Å². The Balaban J connectivity index is 2.42. The predicted molar refractivity (Wildman–Crippen MR) is 51.0 cm³/mol. The van der Waals surface area contributed by atoms with Gasteiger partial charge in [0, 0.05) is 16.8 Å². The quantitative estimate of drug-likeness (QED) is 0.700. The molecule has 13 heavy (non-hydrogen) atoms. The number of halogens is 1. The number of aliphatic carboxylic acids is 1. The van der Waals surface area contributed by atoms with E-state index in [4.69, 9.17) is 0 Å². The van der Waals surface area contributed by atoms with Gasteiger partial charge in [0.15, 0.2) is 0 Å². The molecule has 0 saturated heterocycles. The number of carbonyl (C=O) groups is 1. The molecule has 0 heterocycles. The largest absolute Gasteiger partial charge is 0.550 e. The minimum Gasteiger partial charge on any atom is -0.550 e. The molecule has 0 aromatic heterocycles. The Morgan fingerprint density at radius 2 is 2.31 bits per heavy atom. The average molecular weight is 244 g/mol. The number of carbonyl (C=O) groups excluding carboxylic acids is 1. The van der Waals surface area contributed by atoms with E-state index in [9.17, 15) is 9.90 Å². The number of hydrogen-bond acceptors (Lipinski definition) is 2. The van der Waals surface area contributed by atoms with Crippen LogP contribution in [0.15, 0.2) is 10.6 Å². The van der Waals surface area contributed by atoms with Crippen LogP contribution in [0, 0.1) is 16.7 Å². The lowest BCUT2D eigenvalue weighted by Gasteiger charge is -2.48. The predicted octanol–water partition coefficient (Wildman–Crippen LogP) is 1.45. The molecule has 0 aromatic rings. The van der Waals surface area contributed by atoms with Crippen molar-refractivity contribution in [3.8, 4) is 0 Å². The number of allylic oxidation sites excluding steroid dienone is 2. The molecule has 3 heteroatoms. The van der Waals surface area contributed by atoms with E-state index in [-0.39, 0.29) is 5.41 Å². The fourth-order valence-electron chi connectivity index (χ4n) is 2.68. The average Bonchev–Trinajstić information content (AvgIpc) is 2.22. The molecule has 0 aliphatic heterocycles. The van der Waals surface area contributed by atoms with Crippen LogP contribution in [0.3, 0.4) is 0 Å². The van der Waals surface area contributed by atoms with E-state index in [0.29, 0.717) is 5.92 Å². The molecule has 0 amide bonds. The molecule has 2 rings (SSSR count). The van der Waals surface area contributed by atoms with E-state index in [2.05, 4.69) is 15.9 Å². The van der Waals surface area contributed by atoms with Crippen LogP contribution in [0.1, 0.15) is 26.7 Å². The molecule has 2 aliphatic rings. The summed E-state index contributed by atoms with van der Waals surface area (Å²) in [6.45, 7) is 3.82. The number of rotatable bonds is 1. The van der Waals surface area contributed by atoms with Gasteiger partial charge in [0.2, 0.25) is 0 Å². The minimum absolute atomic E-state index is 0.190. The summed E-state index contributed by atoms with van der Waals surface area (Å²) in [4.78, 5) is 11.1. The van der Waals surface area contributed by atoms with Crippen LogP contribution in [0.2, 0.25) is 0 Å². The lowest BCUT2D eigenvalue weighted by molar-refractivity contribution is -0.322. The smallest absolute Gasteiger partial charge is 0.0482 e. The molecular weight excluding hydrogens is 232 g/mol. The van der Waals surface area contributed by atoms with E-state index in [1.54, 1.807) is 6.92 Å². The Kier molecular flexibility index (Phi) is 1.69. The van der Waals surface area contributed by atoms with Crippen LogP contribution in [0.5, 0.6) is 0 Å². The maximum atomic E-state index is 11.1. The first kappa shape index (κ1) is 9.25. The highest BCUT2D eigenvalue weighted by atomic mass is 79.9. The van der Waals surface area contributed by atoms with Gasteiger partial charge >= 0.3 is 0 Å². The third-order valence-corrected chi connectivity index (χ3v) is 4.85. The second-order valence-electron chi connectivity index (χ2n) is 4.52. The summed E-state index contributed by atoms with van der Waals surface area (Å²) in [6, 6.07) is 0. The fourth-order valence-corrected chi connectivity index (χ4v) is 3.86. The highest BCUT2D eigenvalue weighted by Crippen LogP contribution is 2.66. The number of fused-ring (bicyclic) bond motifs is 1. The van der Waals surface area contributed by atoms with Crippen molar-refractivity contribution in [2.45, 2.75) is 26.7 Å². The number of carboxylic acids is 1. The van der Waals surface area contributed by atoms with E-state index in [0.717, 1.165) is 12.8 Å². The van der Waals surface area contributed by atoms with Crippen molar-refractivity contribution in [3.05, 3.63) is 10.6 Å². The molecular formula is C10H12BrO2-. The molecule has 0 aromatic carbocycles. The van der Waals surface area contributed by atoms with Crippen LogP contribution >= 0.6 is 15.9 Å². The van der Waals surface area contributed by atoms with Crippen molar-refractivity contribution in [3.63, 3.8) is 0 Å². The lowest BCUT2D eigenvalue weighted by Crippen LogP contribution is -2.51. The third kappa shape index (κ3) is 0.862. The van der Waals surface area contributed by atoms with Crippen molar-refractivity contribution in [2.24, 2.45) is 16.7 Å². The van der Waals surface area contributed by atoms with Crippen LogP contribution in [0.25, 0.3) is 0 Å². The monoisotopic (exact) mass is 243 g/mol. The summed E-state index contributed by atoms with van der Waals surface area (Å²) in [6.07, 6.45) is 3.71. The van der Waals surface area contributed by atoms with E-state index in [1.807, 2.05) is 13.0 Å². The van der Waals surface area contributed by atoms with Gasteiger partial charge < -0.3 is 9.90 Å². The van der Waals surface area contributed by atoms with Crippen molar-refractivity contribution in [2.75, 3.05) is 0 Å². The van der Waals surface area contributed by atoms with Crippen LogP contribution in [0.4, 0.5) is 0 Å². The van der Waals surface area contributed by atoms with Gasteiger partial charge in [0.05, 0.1) is 0 Å². The van der Waals surface area contributed by atoms with Gasteiger partial charge in [-0.3, -0.25) is 0 Å². The van der Waals surface area contributed by atoms with Gasteiger partial charge in [-0.25, -0.2) is 0 Å². The molecule has 1 fully saturated rings. The molecule has 1 saturated carbocycles. The Bertz CT molecular complexity index is 310. The van der Waals surface area contributed by atoms with E-state index in [1.165, 1.54) is 4.48 Å². The maximum Gasteiger partial charge on any atom is 0.0482 e. The number of hydrogen-bond donors (Lipinski definition) is 0. The zero-order valence-corrected chi connectivity index (χ0v) is 9.35. The third-order valence-electron chi connectivity index (χ3n) is 4.07. The summed E-state index contributed by atoms with van der Waals surface area (Å²) in [5, 5.41) is 11.1. The first-order valence-corrected chi connectivity index (χ1v) is 5.31. The highest BCUT2D eigenvalue weighted by molar-refractivity contribution is 9.11. The second kappa shape index (κ2) is 2.38. The molecule has 0 N–H and O–H groups in total. The molecule has 2 aliphatic carbocycles. The van der Waals surface area contributed by atoms with Crippen molar-refractivity contribution >= 4 is 21.9 Å². The van der Waals surface area contributed by atoms with Crippen molar-refractivity contribution in [1.29, 1.82) is 0 Å². The molecule has 0 radical (unpaired) electrons. The van der Waals surface area contributed by atoms with E-state index < -0.39 is 11.4 Å². The topological polar surface area (TPSA) is 40.1 Å². The molecule has 1 unspecified atom stereocenters. The van der Waals surface area contributed by atoms with E-state index >= 15 is 0 Å². The first-order valence-electron chi connectivity index (χ1n) is 4.51. The molecule has 3 atom stereocenters. The van der Waals surface area contributed by atoms with Crippen LogP contribution in [-0.4, -0.2) is 5.97 Å². The molecule has 72 valence electrons. The summed E-state index contributed by atoms with van der Waals surface area (Å²) < 4.78 is 1.17. The van der Waals surface area contributed by atoms with Gasteiger partial charge in [-0.2, -0.15) is 0 Å². The van der Waals surface area contributed by atoms with Gasteiger partial charge in [0.1, 0.15) is 0 Å². The van der Waals surface area contributed by atoms with Crippen LogP contribution in [-0.2, 0) is 4.79 Å². The summed E-state index contributed by atoms with van der Waals surface area (Å²) in [5.74, 6) is -0.510. The molecule has 0 bridgehead atoms. The fraction of sp³-hybridized carbons (Fsp3) is 0.700. The van der Waals surface area contributed by atoms with Gasteiger partial charge in [-0.1, -0.05) is 35.9 Å². The Morgan fingerprint density at radius 3 is 2.69 bits per heavy atom. The first-order chi connectivity index (χ1) is 5.92. The van der Waals surface area contributed by atoms with Gasteiger partial charge in [0.25, 0.3) is 0 Å². The zero-order valence-electron chi connectivity index (χ0n) is 7.76. The lowest BCUT2D eigenvalue weighted by atomic mass is 9.59. The summed E-state index contributed by atoms with van der Waals surface area (Å²) in [5.41, 5.74) is -0.862. The minimum atomic E-state index is -0.909. The van der Waals surface area contributed by atoms with Gasteiger partial charge in [-0.15, -0.1) is 0 Å². The summed E-state index contributed by atoms with van der Waals surface area (Å²) in [7, 11) is 0. The Morgan fingerprint density at radius 1 is 1.69 bits per heavy atom. The second-order valence-corrected chi connectivity index (χ2v) is 5.44. The van der Waals surface area contributed by atoms with Gasteiger partial charge in [-0.05, 0) is 23.2 Å². The zero-order chi connectivity index (χ0) is 9.85. The normalized spacial score (nSPS) is 47.9. The van der Waals surface area contributed by atoms with Crippen LogP contribution < -0.4 is 5.11 Å². The molecule has 0 spiro atoms. The standard InChI is InChI=1S/C10H13BrO2/c1-9(8(12)13)4-3-6-7(11)5-10(6,9)2/h5-6H,3-4H2,1-2H3,(H,12,13)/p-1/t6?,9-,10+/m1/s1. The maximum absolute atomic E-state index is 11.1. The SMILES string of the molecule is C[C@]12C=C(Br)C1CC[C@]2(C)C(=O)[O-]. The summed E-state index contributed by atoms with van der Waals surface area (Å²) >= 11 is 3.45. The number of carboxylic acid groups (broad SMARTS) is 1.